The summed E-state index contributed by atoms with van der Waals surface area (Å²) in [6, 6.07) is 4.97. The topological polar surface area (TPSA) is 176 Å². The van der Waals surface area contributed by atoms with Crippen molar-refractivity contribution in [1.82, 2.24) is 0 Å². The molecule has 1 aromatic heterocycles. The molecule has 6 N–H and O–H groups in total. The van der Waals surface area contributed by atoms with E-state index in [4.69, 9.17) is 18.9 Å². The Morgan fingerprint density at radius 1 is 1.18 bits per heavy atom. The molecule has 0 amide bonds. The zero-order valence-electron chi connectivity index (χ0n) is 25.6. The average Bonchev–Trinajstić information content (AvgIpc) is 3.65. The zero-order chi connectivity index (χ0) is 31.9. The van der Waals surface area contributed by atoms with Crippen LogP contribution in [-0.4, -0.2) is 93.7 Å². The number of hydrogen-bond acceptors (Lipinski definition) is 11. The van der Waals surface area contributed by atoms with Crippen LogP contribution in [0.25, 0.3) is 11.0 Å². The van der Waals surface area contributed by atoms with E-state index in [9.17, 15) is 30.3 Å². The van der Waals surface area contributed by atoms with Gasteiger partial charge in [0.25, 0.3) is 0 Å². The van der Waals surface area contributed by atoms with E-state index in [1.807, 2.05) is 13.0 Å². The summed E-state index contributed by atoms with van der Waals surface area (Å²) in [5.41, 5.74) is -0.489. The SMILES string of the molecule is Cc1cc(=O)c2cc3c(cc2o1)O[C@](C)(C1CCCCC1)[C@H](OOC[C@H](O)[C@](O)(C[NH+]1CC=C2N=CC=C21)[C@H](O)[C@H](O)CO)C3. The van der Waals surface area contributed by atoms with E-state index in [1.54, 1.807) is 31.3 Å². The lowest BCUT2D eigenvalue weighted by atomic mass is 9.72. The van der Waals surface area contributed by atoms with E-state index < -0.39 is 48.8 Å². The second-order valence-corrected chi connectivity index (χ2v) is 13.0. The summed E-state index contributed by atoms with van der Waals surface area (Å²) >= 11 is 0. The molecule has 6 rings (SSSR count). The van der Waals surface area contributed by atoms with Crippen molar-refractivity contribution in [2.24, 2.45) is 10.9 Å². The predicted molar refractivity (Wildman–Crippen MR) is 163 cm³/mol. The second kappa shape index (κ2) is 12.7. The van der Waals surface area contributed by atoms with Gasteiger partial charge in [-0.2, -0.15) is 0 Å². The minimum Gasteiger partial charge on any atom is -0.484 e. The van der Waals surface area contributed by atoms with Gasteiger partial charge in [-0.3, -0.25) is 14.7 Å². The van der Waals surface area contributed by atoms with Gasteiger partial charge in [-0.15, -0.1) is 0 Å². The molecule has 7 atom stereocenters. The van der Waals surface area contributed by atoms with Gasteiger partial charge in [-0.25, -0.2) is 9.78 Å². The van der Waals surface area contributed by atoms with Crippen LogP contribution in [0.5, 0.6) is 5.75 Å². The molecule has 1 aromatic carbocycles. The highest BCUT2D eigenvalue weighted by atomic mass is 17.2. The maximum Gasteiger partial charge on any atom is 0.192 e. The number of allylic oxidation sites excluding steroid dienone is 1. The molecule has 1 saturated carbocycles. The molecule has 244 valence electrons. The summed E-state index contributed by atoms with van der Waals surface area (Å²) in [6.07, 6.45) is 4.88. The van der Waals surface area contributed by atoms with Crippen molar-refractivity contribution >= 4 is 17.2 Å². The molecular formula is C33H43N2O10+. The van der Waals surface area contributed by atoms with E-state index in [2.05, 4.69) is 4.99 Å². The molecule has 4 heterocycles. The van der Waals surface area contributed by atoms with Crippen LogP contribution in [-0.2, 0) is 16.2 Å². The Hall–Kier alpha value is -2.94. The van der Waals surface area contributed by atoms with E-state index in [-0.39, 0.29) is 17.9 Å². The van der Waals surface area contributed by atoms with Crippen molar-refractivity contribution in [3.63, 3.8) is 0 Å². The molecular weight excluding hydrogens is 584 g/mol. The molecule has 3 aliphatic heterocycles. The van der Waals surface area contributed by atoms with Crippen LogP contribution in [0.3, 0.4) is 0 Å². The van der Waals surface area contributed by atoms with Gasteiger partial charge in [0, 0.05) is 42.8 Å². The van der Waals surface area contributed by atoms with Crippen LogP contribution in [0.1, 0.15) is 50.4 Å². The number of benzene rings is 1. The Kier molecular flexibility index (Phi) is 9.03. The molecule has 0 radical (unpaired) electrons. The smallest absolute Gasteiger partial charge is 0.192 e. The Morgan fingerprint density at radius 2 is 1.96 bits per heavy atom. The first-order valence-corrected chi connectivity index (χ1v) is 15.8. The van der Waals surface area contributed by atoms with Crippen LogP contribution >= 0.6 is 0 Å². The number of ether oxygens (including phenoxy) is 1. The number of fused-ring (bicyclic) bond motifs is 3. The second-order valence-electron chi connectivity index (χ2n) is 13.0. The normalized spacial score (nSPS) is 28.1. The van der Waals surface area contributed by atoms with Crippen molar-refractivity contribution in [1.29, 1.82) is 0 Å². The largest absolute Gasteiger partial charge is 0.484 e. The van der Waals surface area contributed by atoms with Gasteiger partial charge in [0.15, 0.2) is 16.7 Å². The summed E-state index contributed by atoms with van der Waals surface area (Å²) in [5.74, 6) is 1.28. The van der Waals surface area contributed by atoms with Crippen LogP contribution < -0.4 is 15.1 Å². The van der Waals surface area contributed by atoms with E-state index in [1.165, 1.54) is 6.07 Å². The maximum absolute atomic E-state index is 12.7. The number of hydrogen-bond donors (Lipinski definition) is 6. The number of quaternary nitrogens is 1. The fourth-order valence-corrected chi connectivity index (χ4v) is 7.29. The Balaban J connectivity index is 1.22. The molecule has 0 saturated heterocycles. The average molecular weight is 628 g/mol. The highest BCUT2D eigenvalue weighted by molar-refractivity contribution is 5.80. The lowest BCUT2D eigenvalue weighted by Gasteiger charge is -2.47. The molecule has 1 aliphatic carbocycles. The third kappa shape index (κ3) is 6.01. The number of rotatable bonds is 11. The van der Waals surface area contributed by atoms with E-state index in [0.717, 1.165) is 54.0 Å². The fraction of sp³-hybridized carbons (Fsp3) is 0.576. The highest BCUT2D eigenvalue weighted by Gasteiger charge is 2.52. The Labute approximate surface area is 260 Å². The number of aliphatic hydroxyl groups excluding tert-OH is 4. The molecule has 0 spiro atoms. The lowest BCUT2D eigenvalue weighted by molar-refractivity contribution is -0.856. The van der Waals surface area contributed by atoms with Gasteiger partial charge >= 0.3 is 0 Å². The number of nitrogens with zero attached hydrogens (tertiary/aromatic N) is 1. The third-order valence-corrected chi connectivity index (χ3v) is 10.0. The lowest BCUT2D eigenvalue weighted by Crippen LogP contribution is -3.11. The Morgan fingerprint density at radius 3 is 2.71 bits per heavy atom. The molecule has 4 aliphatic rings. The first-order valence-electron chi connectivity index (χ1n) is 15.8. The van der Waals surface area contributed by atoms with Gasteiger partial charge in [-0.05, 0) is 38.3 Å². The fourth-order valence-electron chi connectivity index (χ4n) is 7.29. The molecule has 1 fully saturated rings. The predicted octanol–water partition coefficient (Wildman–Crippen LogP) is 0.249. The third-order valence-electron chi connectivity index (χ3n) is 10.0. The number of nitrogens with one attached hydrogen (secondary N) is 1. The molecule has 2 aromatic rings. The van der Waals surface area contributed by atoms with Crippen molar-refractivity contribution < 1.29 is 49.4 Å². The van der Waals surface area contributed by atoms with Crippen LogP contribution in [0, 0.1) is 12.8 Å². The zero-order valence-corrected chi connectivity index (χ0v) is 25.6. The molecule has 45 heavy (non-hydrogen) atoms. The molecule has 12 heteroatoms. The summed E-state index contributed by atoms with van der Waals surface area (Å²) in [5, 5.41) is 54.0. The van der Waals surface area contributed by atoms with Crippen LogP contribution in [0.4, 0.5) is 0 Å². The molecule has 0 bridgehead atoms. The molecule has 1 unspecified atom stereocenters. The first kappa shape index (κ1) is 32.0. The van der Waals surface area contributed by atoms with Gasteiger partial charge < -0.3 is 34.7 Å². The summed E-state index contributed by atoms with van der Waals surface area (Å²) < 4.78 is 12.5. The minimum atomic E-state index is -2.28. The molecule has 12 nitrogen and oxygen atoms in total. The Bertz CT molecular complexity index is 1560. The number of aliphatic imine (C=N–C) groups is 1. The quantitative estimate of drug-likeness (QED) is 0.150. The standard InChI is InChI=1S/C33H42N2O10/c1-19-12-25(37)22-13-20-14-30(32(2,21-6-4-3-5-7-21)44-27(20)15-28(22)43-19)45-42-17-29(39)33(41,31(40)26(38)16-36)18-35-11-9-23-24(35)8-10-34-23/h8-10,12-13,15,21,26,29-31,36,38-41H,3-7,11,14,16-18H2,1-2H3/p+1/t26-,29+,30-,31-,32-,33-/m1/s1. The van der Waals surface area contributed by atoms with Crippen molar-refractivity contribution in [3.8, 4) is 5.75 Å². The van der Waals surface area contributed by atoms with Crippen LogP contribution in [0.2, 0.25) is 0 Å². The van der Waals surface area contributed by atoms with E-state index in [0.29, 0.717) is 35.4 Å². The summed E-state index contributed by atoms with van der Waals surface area (Å²) in [6.45, 7) is 2.62. The van der Waals surface area contributed by atoms with Crippen LogP contribution in [0.15, 0.2) is 55.9 Å². The summed E-state index contributed by atoms with van der Waals surface area (Å²) in [4.78, 5) is 29.3. The van der Waals surface area contributed by atoms with E-state index >= 15 is 0 Å². The monoisotopic (exact) mass is 627 g/mol. The number of aliphatic hydroxyl groups is 5. The van der Waals surface area contributed by atoms with Gasteiger partial charge in [0.05, 0.1) is 12.0 Å². The minimum absolute atomic E-state index is 0.152. The van der Waals surface area contributed by atoms with Gasteiger partial charge in [0.1, 0.15) is 72.5 Å². The highest BCUT2D eigenvalue weighted by Crippen LogP contribution is 2.45. The number of aryl methyl sites for hydroxylation is 1. The van der Waals surface area contributed by atoms with Crippen molar-refractivity contribution in [3.05, 3.63) is 63.3 Å². The van der Waals surface area contributed by atoms with Crippen molar-refractivity contribution in [2.45, 2.75) is 88.0 Å². The van der Waals surface area contributed by atoms with Crippen molar-refractivity contribution in [2.75, 3.05) is 26.3 Å². The summed E-state index contributed by atoms with van der Waals surface area (Å²) in [7, 11) is 0. The van der Waals surface area contributed by atoms with Gasteiger partial charge in [-0.1, -0.05) is 19.3 Å². The van der Waals surface area contributed by atoms with Gasteiger partial charge in [0.2, 0.25) is 0 Å². The first-order chi connectivity index (χ1) is 21.5. The maximum atomic E-state index is 12.7.